The van der Waals surface area contributed by atoms with E-state index >= 15 is 0 Å². The van der Waals surface area contributed by atoms with Gasteiger partial charge in [0.15, 0.2) is 0 Å². The van der Waals surface area contributed by atoms with Crippen molar-refractivity contribution in [2.45, 2.75) is 32.9 Å². The van der Waals surface area contributed by atoms with Crippen LogP contribution >= 0.6 is 15.9 Å². The zero-order chi connectivity index (χ0) is 14.8. The predicted octanol–water partition coefficient (Wildman–Crippen LogP) is 3.09. The minimum Gasteiger partial charge on any atom is -0.368 e. The van der Waals surface area contributed by atoms with E-state index in [4.69, 9.17) is 0 Å². The Kier molecular flexibility index (Phi) is 5.10. The molecule has 1 aromatic carbocycles. The molecule has 0 aliphatic carbocycles. The molecule has 1 saturated heterocycles. The Morgan fingerprint density at radius 2 is 1.80 bits per heavy atom. The zero-order valence-corrected chi connectivity index (χ0v) is 14.6. The minimum atomic E-state index is 0.278. The number of halogens is 1. The van der Waals surface area contributed by atoms with Crippen LogP contribution < -0.4 is 10.2 Å². The molecule has 3 nitrogen and oxygen atoms in total. The quantitative estimate of drug-likeness (QED) is 0.912. The summed E-state index contributed by atoms with van der Waals surface area (Å²) in [5.41, 5.74) is 2.91. The van der Waals surface area contributed by atoms with Gasteiger partial charge in [-0.1, -0.05) is 6.07 Å². The first-order chi connectivity index (χ1) is 9.41. The van der Waals surface area contributed by atoms with Crippen LogP contribution in [0.25, 0.3) is 0 Å². The van der Waals surface area contributed by atoms with E-state index in [2.05, 4.69) is 70.0 Å². The van der Waals surface area contributed by atoms with Crippen LogP contribution in [0.4, 0.5) is 5.69 Å². The van der Waals surface area contributed by atoms with Crippen LogP contribution in [0.1, 0.15) is 26.3 Å². The van der Waals surface area contributed by atoms with Crippen molar-refractivity contribution in [3.8, 4) is 0 Å². The number of hydrogen-bond acceptors (Lipinski definition) is 3. The lowest BCUT2D eigenvalue weighted by molar-refractivity contribution is 0.128. The predicted molar refractivity (Wildman–Crippen MR) is 90.4 cm³/mol. The van der Waals surface area contributed by atoms with Gasteiger partial charge in [0.1, 0.15) is 0 Å². The van der Waals surface area contributed by atoms with Gasteiger partial charge in [-0.25, -0.2) is 0 Å². The highest BCUT2D eigenvalue weighted by Crippen LogP contribution is 2.29. The number of nitrogens with one attached hydrogen (secondary N) is 1. The van der Waals surface area contributed by atoms with E-state index < -0.39 is 0 Å². The van der Waals surface area contributed by atoms with Crippen molar-refractivity contribution in [3.63, 3.8) is 0 Å². The second-order valence-electron chi connectivity index (χ2n) is 6.46. The molecule has 0 saturated carbocycles. The highest BCUT2D eigenvalue weighted by molar-refractivity contribution is 9.10. The normalized spacial score (nSPS) is 17.6. The smallest absolute Gasteiger partial charge is 0.0511 e. The number of anilines is 1. The van der Waals surface area contributed by atoms with Crippen LogP contribution in [0.2, 0.25) is 0 Å². The Morgan fingerprint density at radius 1 is 1.15 bits per heavy atom. The monoisotopic (exact) mass is 339 g/mol. The standard InChI is InChI=1S/C16H26BrN3/c1-16(2,3)20-9-7-19(8-10-20)15-6-5-13(12-18-4)11-14(15)17/h5-6,11,18H,7-10,12H2,1-4H3. The molecule has 2 rings (SSSR count). The summed E-state index contributed by atoms with van der Waals surface area (Å²) < 4.78 is 1.20. The van der Waals surface area contributed by atoms with Gasteiger partial charge in [-0.15, -0.1) is 0 Å². The van der Waals surface area contributed by atoms with Crippen molar-refractivity contribution in [2.75, 3.05) is 38.1 Å². The highest BCUT2D eigenvalue weighted by Gasteiger charge is 2.26. The van der Waals surface area contributed by atoms with Crippen molar-refractivity contribution in [1.82, 2.24) is 10.2 Å². The molecular weight excluding hydrogens is 314 g/mol. The molecule has 0 atom stereocenters. The maximum atomic E-state index is 3.72. The van der Waals surface area contributed by atoms with E-state index in [1.54, 1.807) is 0 Å². The van der Waals surface area contributed by atoms with Crippen LogP contribution in [0.5, 0.6) is 0 Å². The van der Waals surface area contributed by atoms with Crippen LogP contribution in [-0.4, -0.2) is 43.7 Å². The molecule has 1 fully saturated rings. The van der Waals surface area contributed by atoms with Crippen molar-refractivity contribution in [1.29, 1.82) is 0 Å². The minimum absolute atomic E-state index is 0.278. The van der Waals surface area contributed by atoms with E-state index in [0.29, 0.717) is 0 Å². The molecular formula is C16H26BrN3. The average molecular weight is 340 g/mol. The first-order valence-corrected chi connectivity index (χ1v) is 8.14. The number of piperazine rings is 1. The Bertz CT molecular complexity index is 446. The van der Waals surface area contributed by atoms with Gasteiger partial charge >= 0.3 is 0 Å². The van der Waals surface area contributed by atoms with E-state index in [-0.39, 0.29) is 5.54 Å². The van der Waals surface area contributed by atoms with Crippen LogP contribution in [-0.2, 0) is 6.54 Å². The number of benzene rings is 1. The van der Waals surface area contributed by atoms with Crippen molar-refractivity contribution >= 4 is 21.6 Å². The maximum absolute atomic E-state index is 3.72. The number of hydrogen-bond donors (Lipinski definition) is 1. The Balaban J connectivity index is 2.03. The molecule has 4 heteroatoms. The third-order valence-corrected chi connectivity index (χ3v) is 4.60. The summed E-state index contributed by atoms with van der Waals surface area (Å²) in [6.07, 6.45) is 0. The van der Waals surface area contributed by atoms with Gasteiger partial charge in [0.25, 0.3) is 0 Å². The maximum Gasteiger partial charge on any atom is 0.0511 e. The average Bonchev–Trinajstić information content (AvgIpc) is 2.38. The molecule has 0 spiro atoms. The molecule has 1 aromatic rings. The van der Waals surface area contributed by atoms with Gasteiger partial charge in [-0.3, -0.25) is 4.90 Å². The molecule has 1 heterocycles. The molecule has 20 heavy (non-hydrogen) atoms. The molecule has 0 radical (unpaired) electrons. The summed E-state index contributed by atoms with van der Waals surface area (Å²) in [5, 5.41) is 3.19. The summed E-state index contributed by atoms with van der Waals surface area (Å²) in [4.78, 5) is 5.04. The van der Waals surface area contributed by atoms with E-state index in [1.807, 2.05) is 7.05 Å². The molecule has 0 aromatic heterocycles. The largest absolute Gasteiger partial charge is 0.368 e. The summed E-state index contributed by atoms with van der Waals surface area (Å²) >= 11 is 3.72. The molecule has 1 aliphatic heterocycles. The second kappa shape index (κ2) is 6.46. The topological polar surface area (TPSA) is 18.5 Å². The molecule has 112 valence electrons. The molecule has 1 aliphatic rings. The molecule has 0 bridgehead atoms. The lowest BCUT2D eigenvalue weighted by Crippen LogP contribution is -2.53. The SMILES string of the molecule is CNCc1ccc(N2CCN(C(C)(C)C)CC2)c(Br)c1. The zero-order valence-electron chi connectivity index (χ0n) is 13.0. The lowest BCUT2D eigenvalue weighted by Gasteiger charge is -2.43. The summed E-state index contributed by atoms with van der Waals surface area (Å²) in [7, 11) is 1.98. The van der Waals surface area contributed by atoms with Gasteiger partial charge in [-0.05, 0) is 61.4 Å². The van der Waals surface area contributed by atoms with Gasteiger partial charge in [0.2, 0.25) is 0 Å². The Labute approximate surface area is 131 Å². The van der Waals surface area contributed by atoms with Crippen molar-refractivity contribution < 1.29 is 0 Å². The van der Waals surface area contributed by atoms with Gasteiger partial charge in [0, 0.05) is 42.7 Å². The van der Waals surface area contributed by atoms with Crippen LogP contribution in [0.3, 0.4) is 0 Å². The second-order valence-corrected chi connectivity index (χ2v) is 7.32. The molecule has 0 unspecified atom stereocenters. The van der Waals surface area contributed by atoms with E-state index in [9.17, 15) is 0 Å². The highest BCUT2D eigenvalue weighted by atomic mass is 79.9. The first-order valence-electron chi connectivity index (χ1n) is 7.35. The Hall–Kier alpha value is -0.580. The number of nitrogens with zero attached hydrogens (tertiary/aromatic N) is 2. The molecule has 0 amide bonds. The molecule has 1 N–H and O–H groups in total. The fourth-order valence-electron chi connectivity index (χ4n) is 2.74. The van der Waals surface area contributed by atoms with Gasteiger partial charge in [0.05, 0.1) is 5.69 Å². The lowest BCUT2D eigenvalue weighted by atomic mass is 10.0. The summed E-state index contributed by atoms with van der Waals surface area (Å²) in [6, 6.07) is 6.68. The van der Waals surface area contributed by atoms with Crippen molar-refractivity contribution in [3.05, 3.63) is 28.2 Å². The third-order valence-electron chi connectivity index (χ3n) is 3.96. The van der Waals surface area contributed by atoms with Gasteiger partial charge < -0.3 is 10.2 Å². The third kappa shape index (κ3) is 3.74. The van der Waals surface area contributed by atoms with Crippen LogP contribution in [0, 0.1) is 0 Å². The van der Waals surface area contributed by atoms with E-state index in [0.717, 1.165) is 32.7 Å². The van der Waals surface area contributed by atoms with Crippen LogP contribution in [0.15, 0.2) is 22.7 Å². The summed E-state index contributed by atoms with van der Waals surface area (Å²) in [5.74, 6) is 0. The van der Waals surface area contributed by atoms with Crippen molar-refractivity contribution in [2.24, 2.45) is 0 Å². The number of rotatable bonds is 3. The Morgan fingerprint density at radius 3 is 2.30 bits per heavy atom. The first kappa shape index (κ1) is 15.8. The fraction of sp³-hybridized carbons (Fsp3) is 0.625. The van der Waals surface area contributed by atoms with Gasteiger partial charge in [-0.2, -0.15) is 0 Å². The van der Waals surface area contributed by atoms with E-state index in [1.165, 1.54) is 15.7 Å². The summed E-state index contributed by atoms with van der Waals surface area (Å²) in [6.45, 7) is 12.3. The fourth-order valence-corrected chi connectivity index (χ4v) is 3.42.